The Bertz CT molecular complexity index is 1370. The maximum Gasteiger partial charge on any atom is 0.361 e. The lowest BCUT2D eigenvalue weighted by molar-refractivity contribution is -0.119. The van der Waals surface area contributed by atoms with Crippen molar-refractivity contribution in [2.45, 2.75) is 19.9 Å². The van der Waals surface area contributed by atoms with Crippen molar-refractivity contribution in [2.24, 2.45) is 0 Å². The Labute approximate surface area is 208 Å². The predicted octanol–water partition coefficient (Wildman–Crippen LogP) is 4.94. The van der Waals surface area contributed by atoms with Crippen LogP contribution in [0.25, 0.3) is 11.5 Å². The average Bonchev–Trinajstić information content (AvgIpc) is 3.30. The van der Waals surface area contributed by atoms with Crippen LogP contribution in [0.4, 0.5) is 5.69 Å². The second-order valence-electron chi connectivity index (χ2n) is 8.07. The van der Waals surface area contributed by atoms with E-state index in [-0.39, 0.29) is 29.3 Å². The molecule has 4 aromatic rings. The van der Waals surface area contributed by atoms with Gasteiger partial charge in [0, 0.05) is 5.56 Å². The largest absolute Gasteiger partial charge is 0.451 e. The summed E-state index contributed by atoms with van der Waals surface area (Å²) in [6, 6.07) is 25.1. The van der Waals surface area contributed by atoms with Gasteiger partial charge in [-0.2, -0.15) is 0 Å². The summed E-state index contributed by atoms with van der Waals surface area (Å²) in [4.78, 5) is 42.1. The van der Waals surface area contributed by atoms with E-state index in [1.807, 2.05) is 67.6 Å². The molecule has 3 aromatic carbocycles. The molecule has 0 aliphatic heterocycles. The number of oxazole rings is 1. The lowest BCUT2D eigenvalue weighted by atomic mass is 10.1. The van der Waals surface area contributed by atoms with Gasteiger partial charge in [0.05, 0.1) is 17.3 Å². The molecule has 36 heavy (non-hydrogen) atoms. The van der Waals surface area contributed by atoms with Gasteiger partial charge in [-0.3, -0.25) is 9.59 Å². The van der Waals surface area contributed by atoms with Gasteiger partial charge >= 0.3 is 5.97 Å². The Morgan fingerprint density at radius 1 is 0.917 bits per heavy atom. The molecular weight excluding hydrogens is 458 g/mol. The molecule has 0 bridgehead atoms. The van der Waals surface area contributed by atoms with E-state index in [9.17, 15) is 14.4 Å². The van der Waals surface area contributed by atoms with E-state index in [0.29, 0.717) is 16.8 Å². The third kappa shape index (κ3) is 5.85. The van der Waals surface area contributed by atoms with Gasteiger partial charge in [-0.05, 0) is 43.7 Å². The molecule has 0 spiro atoms. The number of esters is 1. The van der Waals surface area contributed by atoms with E-state index in [1.54, 1.807) is 31.2 Å². The average molecular weight is 484 g/mol. The van der Waals surface area contributed by atoms with Crippen molar-refractivity contribution in [3.8, 4) is 11.5 Å². The zero-order chi connectivity index (χ0) is 25.5. The number of carbonyl (C=O) groups excluding carboxylic acids is 3. The fourth-order valence-corrected chi connectivity index (χ4v) is 3.57. The monoisotopic (exact) mass is 483 g/mol. The molecule has 0 aliphatic rings. The van der Waals surface area contributed by atoms with Gasteiger partial charge in [0.15, 0.2) is 12.3 Å². The van der Waals surface area contributed by atoms with Crippen molar-refractivity contribution >= 4 is 23.5 Å². The summed E-state index contributed by atoms with van der Waals surface area (Å²) in [6.45, 7) is 2.92. The number of para-hydroxylation sites is 1. The Kier molecular flexibility index (Phi) is 7.55. The molecule has 0 saturated heterocycles. The van der Waals surface area contributed by atoms with Gasteiger partial charge in [-0.25, -0.2) is 9.78 Å². The highest BCUT2D eigenvalue weighted by Gasteiger charge is 2.21. The molecule has 0 saturated carbocycles. The van der Waals surface area contributed by atoms with Gasteiger partial charge < -0.3 is 19.8 Å². The lowest BCUT2D eigenvalue weighted by Gasteiger charge is -2.16. The standard InChI is InChI=1S/C28H25N3O5/c1-18(20-11-5-3-6-12-20)29-26(33)22-15-9-10-16-23(22)30-24(32)17-35-28(34)25-19(2)36-27(31-25)21-13-7-4-8-14-21/h3-16,18H,17H2,1-2H3,(H,29,33)(H,30,32)/t18-/m0/s1. The summed E-state index contributed by atoms with van der Waals surface area (Å²) in [5.74, 6) is -1.14. The molecular formula is C28H25N3O5. The number of hydrogen-bond donors (Lipinski definition) is 2. The Morgan fingerprint density at radius 3 is 2.28 bits per heavy atom. The number of hydrogen-bond acceptors (Lipinski definition) is 6. The molecule has 2 N–H and O–H groups in total. The van der Waals surface area contributed by atoms with E-state index in [0.717, 1.165) is 5.56 Å². The van der Waals surface area contributed by atoms with Crippen LogP contribution in [0.3, 0.4) is 0 Å². The highest BCUT2D eigenvalue weighted by molar-refractivity contribution is 6.04. The molecule has 0 radical (unpaired) electrons. The number of rotatable bonds is 8. The number of anilines is 1. The zero-order valence-corrected chi connectivity index (χ0v) is 19.9. The quantitative estimate of drug-likeness (QED) is 0.344. The number of aryl methyl sites for hydroxylation is 1. The summed E-state index contributed by atoms with van der Waals surface area (Å²) in [6.07, 6.45) is 0. The van der Waals surface area contributed by atoms with Crippen LogP contribution in [0, 0.1) is 6.92 Å². The van der Waals surface area contributed by atoms with E-state index in [1.165, 1.54) is 0 Å². The van der Waals surface area contributed by atoms with Gasteiger partial charge in [-0.15, -0.1) is 0 Å². The van der Waals surface area contributed by atoms with Crippen molar-refractivity contribution in [3.05, 3.63) is 108 Å². The van der Waals surface area contributed by atoms with Crippen molar-refractivity contribution in [2.75, 3.05) is 11.9 Å². The molecule has 182 valence electrons. The number of nitrogens with zero attached hydrogens (tertiary/aromatic N) is 1. The Balaban J connectivity index is 1.37. The minimum Gasteiger partial charge on any atom is -0.451 e. The smallest absolute Gasteiger partial charge is 0.361 e. The molecule has 8 heteroatoms. The number of amides is 2. The first-order valence-corrected chi connectivity index (χ1v) is 11.4. The topological polar surface area (TPSA) is 111 Å². The van der Waals surface area contributed by atoms with Crippen LogP contribution in [0.2, 0.25) is 0 Å². The molecule has 2 amide bonds. The van der Waals surface area contributed by atoms with E-state index in [4.69, 9.17) is 9.15 Å². The third-order valence-corrected chi connectivity index (χ3v) is 5.44. The lowest BCUT2D eigenvalue weighted by Crippen LogP contribution is -2.28. The van der Waals surface area contributed by atoms with Crippen LogP contribution in [0.5, 0.6) is 0 Å². The molecule has 0 aliphatic carbocycles. The maximum atomic E-state index is 12.9. The summed E-state index contributed by atoms with van der Waals surface area (Å²) >= 11 is 0. The Morgan fingerprint density at radius 2 is 1.56 bits per heavy atom. The van der Waals surface area contributed by atoms with Gasteiger partial charge in [0.25, 0.3) is 11.8 Å². The van der Waals surface area contributed by atoms with Crippen molar-refractivity contribution in [1.82, 2.24) is 10.3 Å². The van der Waals surface area contributed by atoms with Crippen LogP contribution in [0.15, 0.2) is 89.3 Å². The minimum absolute atomic E-state index is 0.00340. The zero-order valence-electron chi connectivity index (χ0n) is 19.9. The Hall–Kier alpha value is -4.72. The van der Waals surface area contributed by atoms with Gasteiger partial charge in [0.1, 0.15) is 5.76 Å². The van der Waals surface area contributed by atoms with Crippen LogP contribution in [0.1, 0.15) is 45.1 Å². The van der Waals surface area contributed by atoms with Crippen LogP contribution >= 0.6 is 0 Å². The summed E-state index contributed by atoms with van der Waals surface area (Å²) in [5, 5.41) is 5.56. The summed E-state index contributed by atoms with van der Waals surface area (Å²) < 4.78 is 10.7. The maximum absolute atomic E-state index is 12.9. The van der Waals surface area contributed by atoms with Crippen LogP contribution in [-0.2, 0) is 9.53 Å². The van der Waals surface area contributed by atoms with Crippen molar-refractivity contribution in [3.63, 3.8) is 0 Å². The number of nitrogens with one attached hydrogen (secondary N) is 2. The highest BCUT2D eigenvalue weighted by Crippen LogP contribution is 2.22. The van der Waals surface area contributed by atoms with Crippen molar-refractivity contribution < 1.29 is 23.5 Å². The first-order chi connectivity index (χ1) is 17.4. The van der Waals surface area contributed by atoms with E-state index in [2.05, 4.69) is 15.6 Å². The predicted molar refractivity (Wildman–Crippen MR) is 134 cm³/mol. The summed E-state index contributed by atoms with van der Waals surface area (Å²) in [7, 11) is 0. The number of aromatic nitrogens is 1. The normalized spacial score (nSPS) is 11.4. The second kappa shape index (κ2) is 11.1. The molecule has 1 aromatic heterocycles. The molecule has 0 unspecified atom stereocenters. The number of benzene rings is 3. The SMILES string of the molecule is Cc1oc(-c2ccccc2)nc1C(=O)OCC(=O)Nc1ccccc1C(=O)N[C@@H](C)c1ccccc1. The fraction of sp³-hybridized carbons (Fsp3) is 0.143. The fourth-order valence-electron chi connectivity index (χ4n) is 3.57. The summed E-state index contributed by atoms with van der Waals surface area (Å²) in [5.41, 5.74) is 2.27. The minimum atomic E-state index is -0.781. The van der Waals surface area contributed by atoms with E-state index < -0.39 is 18.5 Å². The van der Waals surface area contributed by atoms with Gasteiger partial charge in [0.2, 0.25) is 5.89 Å². The van der Waals surface area contributed by atoms with Gasteiger partial charge in [-0.1, -0.05) is 60.7 Å². The first-order valence-electron chi connectivity index (χ1n) is 11.4. The number of carbonyl (C=O) groups is 3. The third-order valence-electron chi connectivity index (χ3n) is 5.44. The number of ether oxygens (including phenoxy) is 1. The molecule has 4 rings (SSSR count). The highest BCUT2D eigenvalue weighted by atomic mass is 16.5. The first kappa shape index (κ1) is 24.4. The molecule has 0 fully saturated rings. The molecule has 8 nitrogen and oxygen atoms in total. The molecule has 1 heterocycles. The van der Waals surface area contributed by atoms with Crippen LogP contribution in [-0.4, -0.2) is 29.4 Å². The van der Waals surface area contributed by atoms with Crippen LogP contribution < -0.4 is 10.6 Å². The second-order valence-corrected chi connectivity index (χ2v) is 8.07. The van der Waals surface area contributed by atoms with Crippen molar-refractivity contribution in [1.29, 1.82) is 0 Å². The molecule has 1 atom stereocenters. The van der Waals surface area contributed by atoms with E-state index >= 15 is 0 Å².